The smallest absolute Gasteiger partial charge is 0.330 e. The van der Waals surface area contributed by atoms with Gasteiger partial charge in [0.2, 0.25) is 0 Å². The molecule has 0 N–H and O–H groups in total. The zero-order valence-electron chi connectivity index (χ0n) is 11.2. The van der Waals surface area contributed by atoms with Crippen LogP contribution in [0.1, 0.15) is 32.1 Å². The summed E-state index contributed by atoms with van der Waals surface area (Å²) in [4.78, 5) is 11.5. The number of hydrogen-bond acceptors (Lipinski definition) is 2. The highest BCUT2D eigenvalue weighted by Crippen LogP contribution is 2.30. The predicted octanol–water partition coefficient (Wildman–Crippen LogP) is 4.03. The third-order valence-electron chi connectivity index (χ3n) is 3.46. The maximum absolute atomic E-state index is 11.5. The van der Waals surface area contributed by atoms with E-state index in [9.17, 15) is 4.79 Å². The van der Waals surface area contributed by atoms with E-state index in [1.807, 2.05) is 24.3 Å². The van der Waals surface area contributed by atoms with Crippen LogP contribution >= 0.6 is 0 Å². The van der Waals surface area contributed by atoms with E-state index < -0.39 is 0 Å². The van der Waals surface area contributed by atoms with E-state index in [1.54, 1.807) is 0 Å². The van der Waals surface area contributed by atoms with Crippen molar-refractivity contribution in [1.82, 2.24) is 0 Å². The van der Waals surface area contributed by atoms with Crippen molar-refractivity contribution in [2.75, 3.05) is 0 Å². The SMILES string of the molecule is C=CC(=O)OC1CCCCCC2=CC=CC=CC=C21. The lowest BCUT2D eigenvalue weighted by atomic mass is 9.88. The summed E-state index contributed by atoms with van der Waals surface area (Å²) in [5.41, 5.74) is 2.41. The van der Waals surface area contributed by atoms with Gasteiger partial charge in [0.25, 0.3) is 0 Å². The Morgan fingerprint density at radius 3 is 2.74 bits per heavy atom. The van der Waals surface area contributed by atoms with E-state index in [1.165, 1.54) is 24.5 Å². The Balaban J connectivity index is 2.27. The number of carbonyl (C=O) groups excluding carboxylic acids is 1. The summed E-state index contributed by atoms with van der Waals surface area (Å²) in [5.74, 6) is -0.340. The maximum Gasteiger partial charge on any atom is 0.330 e. The first kappa shape index (κ1) is 13.6. The highest BCUT2D eigenvalue weighted by Gasteiger charge is 2.22. The van der Waals surface area contributed by atoms with Gasteiger partial charge in [-0.1, -0.05) is 49.5 Å². The number of fused-ring (bicyclic) bond motifs is 1. The molecule has 0 aliphatic heterocycles. The molecule has 19 heavy (non-hydrogen) atoms. The van der Waals surface area contributed by atoms with Gasteiger partial charge in [0.1, 0.15) is 6.10 Å². The number of rotatable bonds is 2. The molecular formula is C17H20O2. The lowest BCUT2D eigenvalue weighted by Gasteiger charge is -2.25. The molecule has 0 radical (unpaired) electrons. The van der Waals surface area contributed by atoms with Gasteiger partial charge in [-0.25, -0.2) is 4.79 Å². The summed E-state index contributed by atoms with van der Waals surface area (Å²) in [5, 5.41) is 0. The van der Waals surface area contributed by atoms with Crippen molar-refractivity contribution >= 4 is 5.97 Å². The van der Waals surface area contributed by atoms with Gasteiger partial charge in [0.05, 0.1) is 0 Å². The predicted molar refractivity (Wildman–Crippen MR) is 77.6 cm³/mol. The maximum atomic E-state index is 11.5. The minimum atomic E-state index is -0.340. The van der Waals surface area contributed by atoms with Gasteiger partial charge in [-0.05, 0) is 36.8 Å². The number of ether oxygens (including phenoxy) is 1. The molecule has 1 atom stereocenters. The van der Waals surface area contributed by atoms with Crippen LogP contribution in [0.5, 0.6) is 0 Å². The fraction of sp³-hybridized carbons (Fsp3) is 0.353. The molecule has 0 spiro atoms. The van der Waals surface area contributed by atoms with Crippen molar-refractivity contribution in [3.63, 3.8) is 0 Å². The number of carbonyl (C=O) groups is 1. The van der Waals surface area contributed by atoms with Crippen molar-refractivity contribution in [2.24, 2.45) is 0 Å². The number of esters is 1. The molecule has 100 valence electrons. The largest absolute Gasteiger partial charge is 0.454 e. The summed E-state index contributed by atoms with van der Waals surface area (Å²) < 4.78 is 5.52. The van der Waals surface area contributed by atoms with E-state index >= 15 is 0 Å². The molecule has 1 unspecified atom stereocenters. The number of allylic oxidation sites excluding steroid dienone is 6. The molecule has 2 heteroatoms. The molecule has 0 saturated heterocycles. The molecule has 1 fully saturated rings. The highest BCUT2D eigenvalue weighted by molar-refractivity contribution is 5.81. The van der Waals surface area contributed by atoms with Crippen molar-refractivity contribution < 1.29 is 9.53 Å². The molecule has 0 aromatic rings. The lowest BCUT2D eigenvalue weighted by Crippen LogP contribution is -2.22. The molecule has 1 saturated carbocycles. The average Bonchev–Trinajstić information content (AvgIpc) is 2.37. The first-order valence-corrected chi connectivity index (χ1v) is 6.89. The van der Waals surface area contributed by atoms with Crippen LogP contribution in [0.25, 0.3) is 0 Å². The Morgan fingerprint density at radius 1 is 1.16 bits per heavy atom. The van der Waals surface area contributed by atoms with Crippen molar-refractivity contribution in [3.8, 4) is 0 Å². The van der Waals surface area contributed by atoms with Gasteiger partial charge >= 0.3 is 5.97 Å². The quantitative estimate of drug-likeness (QED) is 0.551. The molecule has 2 nitrogen and oxygen atoms in total. The van der Waals surface area contributed by atoms with Gasteiger partial charge < -0.3 is 4.74 Å². The second-order valence-electron chi connectivity index (χ2n) is 4.81. The third-order valence-corrected chi connectivity index (χ3v) is 3.46. The summed E-state index contributed by atoms with van der Waals surface area (Å²) in [6, 6.07) is 0. The topological polar surface area (TPSA) is 26.3 Å². The zero-order chi connectivity index (χ0) is 13.5. The van der Waals surface area contributed by atoms with Crippen LogP contribution in [0.3, 0.4) is 0 Å². The summed E-state index contributed by atoms with van der Waals surface area (Å²) in [6.07, 6.45) is 18.8. The average molecular weight is 256 g/mol. The Kier molecular flexibility index (Phi) is 4.96. The fourth-order valence-electron chi connectivity index (χ4n) is 2.49. The van der Waals surface area contributed by atoms with E-state index in [2.05, 4.69) is 18.7 Å². The molecular weight excluding hydrogens is 236 g/mol. The van der Waals surface area contributed by atoms with E-state index in [-0.39, 0.29) is 12.1 Å². The Bertz CT molecular complexity index is 464. The second kappa shape index (κ2) is 6.93. The van der Waals surface area contributed by atoms with Crippen LogP contribution in [-0.2, 0) is 9.53 Å². The minimum Gasteiger partial charge on any atom is -0.454 e. The van der Waals surface area contributed by atoms with E-state index in [0.717, 1.165) is 24.8 Å². The van der Waals surface area contributed by atoms with Crippen LogP contribution in [0, 0.1) is 0 Å². The van der Waals surface area contributed by atoms with Gasteiger partial charge in [-0.15, -0.1) is 0 Å². The van der Waals surface area contributed by atoms with Gasteiger partial charge in [-0.2, -0.15) is 0 Å². The summed E-state index contributed by atoms with van der Waals surface area (Å²) >= 11 is 0. The molecule has 0 heterocycles. The molecule has 0 aromatic heterocycles. The molecule has 2 aliphatic rings. The zero-order valence-corrected chi connectivity index (χ0v) is 11.2. The Morgan fingerprint density at radius 2 is 1.95 bits per heavy atom. The molecule has 2 rings (SSSR count). The lowest BCUT2D eigenvalue weighted by molar-refractivity contribution is -0.141. The van der Waals surface area contributed by atoms with Crippen LogP contribution in [0.15, 0.2) is 60.3 Å². The van der Waals surface area contributed by atoms with Crippen molar-refractivity contribution in [1.29, 1.82) is 0 Å². The first-order valence-electron chi connectivity index (χ1n) is 6.89. The van der Waals surface area contributed by atoms with Crippen LogP contribution < -0.4 is 0 Å². The Labute approximate surface area is 114 Å². The molecule has 0 amide bonds. The van der Waals surface area contributed by atoms with Crippen LogP contribution in [0.4, 0.5) is 0 Å². The second-order valence-corrected chi connectivity index (χ2v) is 4.81. The highest BCUT2D eigenvalue weighted by atomic mass is 16.5. The van der Waals surface area contributed by atoms with Crippen LogP contribution in [0.2, 0.25) is 0 Å². The van der Waals surface area contributed by atoms with Crippen molar-refractivity contribution in [3.05, 3.63) is 60.3 Å². The Hall–Kier alpha value is -1.83. The van der Waals surface area contributed by atoms with Gasteiger partial charge in [-0.3, -0.25) is 0 Å². The van der Waals surface area contributed by atoms with Crippen molar-refractivity contribution in [2.45, 2.75) is 38.2 Å². The van der Waals surface area contributed by atoms with Gasteiger partial charge in [0.15, 0.2) is 0 Å². The standard InChI is InChI=1S/C17H20O2/c1-2-17(18)19-16-13-9-5-7-11-14-10-6-3-4-8-12-15(14)16/h2-4,6,8,10,12,16H,1,5,7,9,11,13H2. The first-order chi connectivity index (χ1) is 9.31. The number of hydrogen-bond donors (Lipinski definition) is 0. The normalized spacial score (nSPS) is 22.8. The van der Waals surface area contributed by atoms with E-state index in [0.29, 0.717) is 0 Å². The summed E-state index contributed by atoms with van der Waals surface area (Å²) in [6.45, 7) is 3.47. The minimum absolute atomic E-state index is 0.145. The molecule has 2 aliphatic carbocycles. The monoisotopic (exact) mass is 256 g/mol. The van der Waals surface area contributed by atoms with Gasteiger partial charge in [0, 0.05) is 6.08 Å². The van der Waals surface area contributed by atoms with E-state index in [4.69, 9.17) is 4.74 Å². The third kappa shape index (κ3) is 3.82. The molecule has 0 aromatic carbocycles. The molecule has 0 bridgehead atoms. The van der Waals surface area contributed by atoms with Crippen LogP contribution in [-0.4, -0.2) is 12.1 Å². The fourth-order valence-corrected chi connectivity index (χ4v) is 2.49. The summed E-state index contributed by atoms with van der Waals surface area (Å²) in [7, 11) is 0.